The molecule has 0 aliphatic rings. The lowest BCUT2D eigenvalue weighted by Gasteiger charge is -2.29. The fourth-order valence-electron chi connectivity index (χ4n) is 1.95. The molecule has 1 atom stereocenters. The molecule has 20 heavy (non-hydrogen) atoms. The summed E-state index contributed by atoms with van der Waals surface area (Å²) in [5, 5.41) is 1.93. The predicted molar refractivity (Wildman–Crippen MR) is 84.3 cm³/mol. The lowest BCUT2D eigenvalue weighted by atomic mass is 9.92. The summed E-state index contributed by atoms with van der Waals surface area (Å²) < 4.78 is 0.959. The van der Waals surface area contributed by atoms with Gasteiger partial charge < -0.3 is 10.6 Å². The standard InChI is InChI=1S/C14H16BrN3OS/c1-14(16,10-3-5-11(15)6-4-10)13(19)18(2)7-12-8-20-9-17-12/h3-6,8-9H,7,16H2,1-2H3. The van der Waals surface area contributed by atoms with Crippen molar-refractivity contribution in [1.29, 1.82) is 0 Å². The highest BCUT2D eigenvalue weighted by atomic mass is 79.9. The number of hydrogen-bond acceptors (Lipinski definition) is 4. The average Bonchev–Trinajstić information content (AvgIpc) is 2.91. The number of rotatable bonds is 4. The molecule has 2 N–H and O–H groups in total. The Hall–Kier alpha value is -1.24. The van der Waals surface area contributed by atoms with E-state index >= 15 is 0 Å². The van der Waals surface area contributed by atoms with E-state index in [4.69, 9.17) is 5.73 Å². The molecule has 1 aromatic heterocycles. The van der Waals surface area contributed by atoms with Gasteiger partial charge in [0.05, 0.1) is 17.7 Å². The van der Waals surface area contributed by atoms with Crippen LogP contribution in [-0.2, 0) is 16.9 Å². The molecule has 1 heterocycles. The van der Waals surface area contributed by atoms with E-state index in [1.165, 1.54) is 11.3 Å². The van der Waals surface area contributed by atoms with E-state index in [1.54, 1.807) is 24.4 Å². The van der Waals surface area contributed by atoms with E-state index < -0.39 is 5.54 Å². The fourth-order valence-corrected chi connectivity index (χ4v) is 2.76. The van der Waals surface area contributed by atoms with Crippen molar-refractivity contribution in [2.24, 2.45) is 5.73 Å². The number of likely N-dealkylation sites (N-methyl/N-ethyl adjacent to an activating group) is 1. The van der Waals surface area contributed by atoms with Crippen molar-refractivity contribution in [2.75, 3.05) is 7.05 Å². The number of halogens is 1. The quantitative estimate of drug-likeness (QED) is 0.919. The molecule has 1 aromatic carbocycles. The summed E-state index contributed by atoms with van der Waals surface area (Å²) in [7, 11) is 1.74. The first-order chi connectivity index (χ1) is 9.41. The van der Waals surface area contributed by atoms with Gasteiger partial charge in [-0.2, -0.15) is 0 Å². The van der Waals surface area contributed by atoms with E-state index in [2.05, 4.69) is 20.9 Å². The zero-order valence-corrected chi connectivity index (χ0v) is 13.7. The van der Waals surface area contributed by atoms with Gasteiger partial charge in [-0.25, -0.2) is 4.98 Å². The topological polar surface area (TPSA) is 59.2 Å². The summed E-state index contributed by atoms with van der Waals surface area (Å²) in [4.78, 5) is 18.3. The Morgan fingerprint density at radius 1 is 1.45 bits per heavy atom. The Kier molecular flexibility index (Phi) is 4.57. The number of benzene rings is 1. The van der Waals surface area contributed by atoms with E-state index in [0.717, 1.165) is 15.7 Å². The Morgan fingerprint density at radius 3 is 2.65 bits per heavy atom. The predicted octanol–water partition coefficient (Wildman–Crippen LogP) is 2.74. The molecule has 0 fully saturated rings. The average molecular weight is 354 g/mol. The second kappa shape index (κ2) is 6.03. The van der Waals surface area contributed by atoms with Crippen molar-refractivity contribution in [1.82, 2.24) is 9.88 Å². The minimum Gasteiger partial charge on any atom is -0.338 e. The summed E-state index contributed by atoms with van der Waals surface area (Å²) in [5.74, 6) is -0.132. The van der Waals surface area contributed by atoms with Gasteiger partial charge in [0.25, 0.3) is 0 Å². The van der Waals surface area contributed by atoms with Crippen LogP contribution >= 0.6 is 27.3 Å². The molecule has 106 valence electrons. The lowest BCUT2D eigenvalue weighted by Crippen LogP contribution is -2.49. The lowest BCUT2D eigenvalue weighted by molar-refractivity contribution is -0.136. The molecule has 0 radical (unpaired) electrons. The van der Waals surface area contributed by atoms with Gasteiger partial charge in [0.15, 0.2) is 0 Å². The maximum atomic E-state index is 12.5. The number of aromatic nitrogens is 1. The van der Waals surface area contributed by atoms with Gasteiger partial charge in [-0.1, -0.05) is 28.1 Å². The third-order valence-corrected chi connectivity index (χ3v) is 4.28. The third kappa shape index (κ3) is 3.26. The minimum atomic E-state index is -1.05. The number of carbonyl (C=O) groups excluding carboxylic acids is 1. The summed E-state index contributed by atoms with van der Waals surface area (Å²) in [5.41, 5.74) is 8.60. The van der Waals surface area contributed by atoms with Crippen LogP contribution in [0.25, 0.3) is 0 Å². The first kappa shape index (κ1) is 15.2. The van der Waals surface area contributed by atoms with Crippen LogP contribution in [0.15, 0.2) is 39.6 Å². The van der Waals surface area contributed by atoms with Gasteiger partial charge in [0, 0.05) is 16.9 Å². The molecule has 6 heteroatoms. The molecule has 0 aliphatic carbocycles. The van der Waals surface area contributed by atoms with Crippen LogP contribution in [0.1, 0.15) is 18.2 Å². The van der Waals surface area contributed by atoms with Gasteiger partial charge in [0.1, 0.15) is 5.54 Å². The van der Waals surface area contributed by atoms with Crippen LogP contribution in [0.4, 0.5) is 0 Å². The second-order valence-corrected chi connectivity index (χ2v) is 6.48. The van der Waals surface area contributed by atoms with Crippen LogP contribution in [0, 0.1) is 0 Å². The molecule has 0 bridgehead atoms. The maximum absolute atomic E-state index is 12.5. The Bertz CT molecular complexity index is 581. The van der Waals surface area contributed by atoms with Crippen molar-refractivity contribution >= 4 is 33.2 Å². The summed E-state index contributed by atoms with van der Waals surface area (Å²) in [6, 6.07) is 7.49. The van der Waals surface area contributed by atoms with Crippen LogP contribution in [0.5, 0.6) is 0 Å². The molecular formula is C14H16BrN3OS. The highest BCUT2D eigenvalue weighted by Gasteiger charge is 2.33. The van der Waals surface area contributed by atoms with E-state index in [9.17, 15) is 4.79 Å². The molecule has 2 rings (SSSR count). The molecule has 0 spiro atoms. The molecule has 4 nitrogen and oxygen atoms in total. The number of thiazole rings is 1. The van der Waals surface area contributed by atoms with Crippen LogP contribution < -0.4 is 5.73 Å². The summed E-state index contributed by atoms with van der Waals surface area (Å²) in [6.07, 6.45) is 0. The number of amides is 1. The van der Waals surface area contributed by atoms with E-state index in [0.29, 0.717) is 6.54 Å². The highest BCUT2D eigenvalue weighted by molar-refractivity contribution is 9.10. The molecule has 1 amide bonds. The Balaban J connectivity index is 2.15. The molecular weight excluding hydrogens is 338 g/mol. The molecule has 1 unspecified atom stereocenters. The molecule has 0 saturated heterocycles. The normalized spacial score (nSPS) is 13.8. The van der Waals surface area contributed by atoms with Crippen LogP contribution in [-0.4, -0.2) is 22.8 Å². The molecule has 2 aromatic rings. The van der Waals surface area contributed by atoms with Crippen LogP contribution in [0.2, 0.25) is 0 Å². The highest BCUT2D eigenvalue weighted by Crippen LogP contribution is 2.23. The first-order valence-electron chi connectivity index (χ1n) is 6.09. The Morgan fingerprint density at radius 2 is 2.10 bits per heavy atom. The monoisotopic (exact) mass is 353 g/mol. The third-order valence-electron chi connectivity index (χ3n) is 3.12. The van der Waals surface area contributed by atoms with Crippen molar-refractivity contribution in [2.45, 2.75) is 19.0 Å². The zero-order valence-electron chi connectivity index (χ0n) is 11.3. The first-order valence-corrected chi connectivity index (χ1v) is 7.82. The molecule has 0 saturated carbocycles. The van der Waals surface area contributed by atoms with Crippen molar-refractivity contribution in [3.05, 3.63) is 50.9 Å². The number of carbonyl (C=O) groups is 1. The van der Waals surface area contributed by atoms with Gasteiger partial charge in [-0.3, -0.25) is 4.79 Å². The maximum Gasteiger partial charge on any atom is 0.247 e. The number of nitrogens with two attached hydrogens (primary N) is 1. The number of hydrogen-bond donors (Lipinski definition) is 1. The van der Waals surface area contributed by atoms with E-state index in [-0.39, 0.29) is 5.91 Å². The summed E-state index contributed by atoms with van der Waals surface area (Å²) in [6.45, 7) is 2.20. The van der Waals surface area contributed by atoms with Crippen molar-refractivity contribution < 1.29 is 4.79 Å². The number of nitrogens with zero attached hydrogens (tertiary/aromatic N) is 2. The second-order valence-electron chi connectivity index (χ2n) is 4.85. The fraction of sp³-hybridized carbons (Fsp3) is 0.286. The van der Waals surface area contributed by atoms with Gasteiger partial charge in [-0.05, 0) is 24.6 Å². The van der Waals surface area contributed by atoms with Gasteiger partial charge in [0.2, 0.25) is 5.91 Å². The minimum absolute atomic E-state index is 0.132. The molecule has 0 aliphatic heterocycles. The van der Waals surface area contributed by atoms with Crippen LogP contribution in [0.3, 0.4) is 0 Å². The summed E-state index contributed by atoms with van der Waals surface area (Å²) >= 11 is 4.89. The van der Waals surface area contributed by atoms with Gasteiger partial charge in [-0.15, -0.1) is 11.3 Å². The Labute approximate surface area is 130 Å². The van der Waals surface area contributed by atoms with Crippen molar-refractivity contribution in [3.8, 4) is 0 Å². The largest absolute Gasteiger partial charge is 0.338 e. The SMILES string of the molecule is CN(Cc1cscn1)C(=O)C(C)(N)c1ccc(Br)cc1. The van der Waals surface area contributed by atoms with E-state index in [1.807, 2.05) is 29.6 Å². The zero-order chi connectivity index (χ0) is 14.8. The van der Waals surface area contributed by atoms with Crippen molar-refractivity contribution in [3.63, 3.8) is 0 Å². The van der Waals surface area contributed by atoms with Gasteiger partial charge >= 0.3 is 0 Å². The smallest absolute Gasteiger partial charge is 0.247 e.